The van der Waals surface area contributed by atoms with Crippen LogP contribution >= 0.6 is 39.0 Å². The Kier molecular flexibility index (Phi) is 7.63. The zero-order valence-electron chi connectivity index (χ0n) is 15.4. The van der Waals surface area contributed by atoms with Crippen molar-refractivity contribution in [2.24, 2.45) is 0 Å². The number of esters is 1. The summed E-state index contributed by atoms with van der Waals surface area (Å²) < 4.78 is 11.5. The van der Waals surface area contributed by atoms with Crippen LogP contribution in [0.2, 0.25) is 0 Å². The van der Waals surface area contributed by atoms with Gasteiger partial charge >= 0.3 is 5.97 Å². The van der Waals surface area contributed by atoms with E-state index in [9.17, 15) is 9.59 Å². The Labute approximate surface area is 174 Å². The first-order chi connectivity index (χ1) is 12.7. The summed E-state index contributed by atoms with van der Waals surface area (Å²) in [6, 6.07) is 5.81. The van der Waals surface area contributed by atoms with Gasteiger partial charge in [-0.3, -0.25) is 14.9 Å². The van der Waals surface area contributed by atoms with Gasteiger partial charge in [0, 0.05) is 0 Å². The van der Waals surface area contributed by atoms with Crippen LogP contribution in [0.1, 0.15) is 26.3 Å². The van der Waals surface area contributed by atoms with Gasteiger partial charge in [-0.1, -0.05) is 49.9 Å². The zero-order chi connectivity index (χ0) is 20.0. The second-order valence-electron chi connectivity index (χ2n) is 6.47. The van der Waals surface area contributed by atoms with Gasteiger partial charge in [0.1, 0.15) is 5.75 Å². The number of methoxy groups -OCH3 is 1. The van der Waals surface area contributed by atoms with Crippen molar-refractivity contribution >= 4 is 56.0 Å². The Morgan fingerprint density at radius 2 is 2.04 bits per heavy atom. The Bertz CT molecular complexity index is 821. The molecule has 2 rings (SSSR count). The Balaban J connectivity index is 1.86. The number of hydrogen-bond donors (Lipinski definition) is 1. The second-order valence-corrected chi connectivity index (χ2v) is 9.52. The number of nitrogens with zero attached hydrogens (tertiary/aromatic N) is 2. The molecule has 1 aromatic carbocycles. The molecule has 7 nitrogen and oxygen atoms in total. The van der Waals surface area contributed by atoms with Crippen LogP contribution in [0.4, 0.5) is 5.13 Å². The fraction of sp³-hybridized carbons (Fsp3) is 0.412. The zero-order valence-corrected chi connectivity index (χ0v) is 18.6. The van der Waals surface area contributed by atoms with E-state index < -0.39 is 0 Å². The number of benzene rings is 1. The van der Waals surface area contributed by atoms with Crippen LogP contribution in [-0.4, -0.2) is 41.5 Å². The molecule has 1 heterocycles. The van der Waals surface area contributed by atoms with Crippen LogP contribution in [0.25, 0.3) is 0 Å². The maximum atomic E-state index is 12.1. The number of aromatic nitrogens is 2. The van der Waals surface area contributed by atoms with Gasteiger partial charge in [0.05, 0.1) is 17.3 Å². The molecule has 0 saturated carbocycles. The van der Waals surface area contributed by atoms with Crippen molar-refractivity contribution in [2.45, 2.75) is 30.5 Å². The molecule has 0 radical (unpaired) electrons. The van der Waals surface area contributed by atoms with E-state index in [2.05, 4.69) is 57.0 Å². The monoisotopic (exact) mass is 473 g/mol. The van der Waals surface area contributed by atoms with E-state index in [4.69, 9.17) is 4.74 Å². The number of ether oxygens (including phenoxy) is 2. The third kappa shape index (κ3) is 6.78. The topological polar surface area (TPSA) is 90.4 Å². The van der Waals surface area contributed by atoms with Gasteiger partial charge in [-0.2, -0.15) is 0 Å². The largest absolute Gasteiger partial charge is 0.483 e. The van der Waals surface area contributed by atoms with Crippen molar-refractivity contribution < 1.29 is 19.1 Å². The molecule has 10 heteroatoms. The Hall–Kier alpha value is -1.65. The van der Waals surface area contributed by atoms with Crippen molar-refractivity contribution in [3.63, 3.8) is 0 Å². The lowest BCUT2D eigenvalue weighted by Crippen LogP contribution is -2.20. The number of hydrogen-bond acceptors (Lipinski definition) is 8. The van der Waals surface area contributed by atoms with E-state index >= 15 is 0 Å². The number of halogens is 1. The first-order valence-electron chi connectivity index (χ1n) is 7.95. The third-order valence-corrected chi connectivity index (χ3v) is 5.92. The van der Waals surface area contributed by atoms with Crippen LogP contribution in [-0.2, 0) is 19.7 Å². The molecule has 0 bridgehead atoms. The molecule has 27 heavy (non-hydrogen) atoms. The highest BCUT2D eigenvalue weighted by atomic mass is 79.9. The number of thioether (sulfide) groups is 1. The number of carbonyl (C=O) groups is 2. The minimum absolute atomic E-state index is 0.0276. The maximum Gasteiger partial charge on any atom is 0.316 e. The molecule has 0 spiro atoms. The molecule has 146 valence electrons. The van der Waals surface area contributed by atoms with E-state index in [1.54, 1.807) is 0 Å². The van der Waals surface area contributed by atoms with Gasteiger partial charge in [-0.15, -0.1) is 10.2 Å². The Morgan fingerprint density at radius 1 is 1.30 bits per heavy atom. The molecule has 0 fully saturated rings. The molecule has 1 N–H and O–H groups in total. The molecule has 0 atom stereocenters. The lowest BCUT2D eigenvalue weighted by Gasteiger charge is -2.20. The summed E-state index contributed by atoms with van der Waals surface area (Å²) in [4.78, 5) is 23.2. The van der Waals surface area contributed by atoms with Crippen LogP contribution in [0.15, 0.2) is 27.0 Å². The van der Waals surface area contributed by atoms with Gasteiger partial charge in [-0.25, -0.2) is 0 Å². The highest BCUT2D eigenvalue weighted by Gasteiger charge is 2.16. The molecule has 0 aliphatic rings. The van der Waals surface area contributed by atoms with Crippen molar-refractivity contribution in [1.29, 1.82) is 0 Å². The third-order valence-electron chi connectivity index (χ3n) is 3.35. The summed E-state index contributed by atoms with van der Waals surface area (Å²) >= 11 is 5.85. The van der Waals surface area contributed by atoms with Gasteiger partial charge < -0.3 is 9.47 Å². The second kappa shape index (κ2) is 9.52. The van der Waals surface area contributed by atoms with Gasteiger partial charge in [0.2, 0.25) is 5.13 Å². The highest BCUT2D eigenvalue weighted by Crippen LogP contribution is 2.31. The number of amides is 1. The summed E-state index contributed by atoms with van der Waals surface area (Å²) in [6.45, 7) is 6.23. The molecule has 1 amide bonds. The standard InChI is InChI=1S/C17H20BrN3O4S2/c1-17(2,3)10-5-6-12(11(18)7-10)25-8-13(22)19-15-20-21-16(27-15)26-9-14(23)24-4/h5-7H,8-9H2,1-4H3,(H,19,20,22). The lowest BCUT2D eigenvalue weighted by molar-refractivity contribution is -0.137. The fourth-order valence-corrected chi connectivity index (χ4v) is 3.98. The molecule has 0 unspecified atom stereocenters. The van der Waals surface area contributed by atoms with Crippen molar-refractivity contribution in [2.75, 3.05) is 24.8 Å². The van der Waals surface area contributed by atoms with Crippen LogP contribution in [0, 0.1) is 0 Å². The molecule has 2 aromatic rings. The van der Waals surface area contributed by atoms with E-state index in [1.807, 2.05) is 18.2 Å². The summed E-state index contributed by atoms with van der Waals surface area (Å²) in [5.41, 5.74) is 1.19. The summed E-state index contributed by atoms with van der Waals surface area (Å²) in [7, 11) is 1.32. The lowest BCUT2D eigenvalue weighted by atomic mass is 9.87. The number of carbonyl (C=O) groups excluding carboxylic acids is 2. The van der Waals surface area contributed by atoms with Gasteiger partial charge in [-0.05, 0) is 39.0 Å². The average Bonchev–Trinajstić information content (AvgIpc) is 3.05. The molecule has 0 aliphatic heterocycles. The molecular weight excluding hydrogens is 454 g/mol. The minimum atomic E-state index is -0.350. The van der Waals surface area contributed by atoms with E-state index in [1.165, 1.54) is 30.2 Å². The van der Waals surface area contributed by atoms with Crippen molar-refractivity contribution in [1.82, 2.24) is 10.2 Å². The summed E-state index contributed by atoms with van der Waals surface area (Å²) in [5, 5.41) is 10.7. The van der Waals surface area contributed by atoms with Crippen LogP contribution in [0.3, 0.4) is 0 Å². The quantitative estimate of drug-likeness (QED) is 0.370. The fourth-order valence-electron chi connectivity index (χ4n) is 1.88. The molecular formula is C17H20BrN3O4S2. The van der Waals surface area contributed by atoms with E-state index in [0.717, 1.165) is 10.0 Å². The summed E-state index contributed by atoms with van der Waals surface area (Å²) in [5.74, 6) is 0.0327. The summed E-state index contributed by atoms with van der Waals surface area (Å²) in [6.07, 6.45) is 0. The van der Waals surface area contributed by atoms with Crippen molar-refractivity contribution in [3.8, 4) is 5.75 Å². The predicted molar refractivity (Wildman–Crippen MR) is 110 cm³/mol. The first-order valence-corrected chi connectivity index (χ1v) is 10.5. The number of anilines is 1. The number of rotatable bonds is 7. The minimum Gasteiger partial charge on any atom is -0.483 e. The SMILES string of the molecule is COC(=O)CSc1nnc(NC(=O)COc2ccc(C(C)(C)C)cc2Br)s1. The Morgan fingerprint density at radius 3 is 2.67 bits per heavy atom. The van der Waals surface area contributed by atoms with E-state index in [0.29, 0.717) is 15.2 Å². The van der Waals surface area contributed by atoms with Crippen LogP contribution < -0.4 is 10.1 Å². The molecule has 0 aliphatic carbocycles. The van der Waals surface area contributed by atoms with Crippen molar-refractivity contribution in [3.05, 3.63) is 28.2 Å². The van der Waals surface area contributed by atoms with Gasteiger partial charge in [0.25, 0.3) is 5.91 Å². The molecule has 1 aromatic heterocycles. The van der Waals surface area contributed by atoms with Crippen LogP contribution in [0.5, 0.6) is 5.75 Å². The maximum absolute atomic E-state index is 12.1. The number of nitrogens with one attached hydrogen (secondary N) is 1. The molecule has 0 saturated heterocycles. The van der Waals surface area contributed by atoms with Gasteiger partial charge in [0.15, 0.2) is 10.9 Å². The normalized spacial score (nSPS) is 11.1. The smallest absolute Gasteiger partial charge is 0.316 e. The average molecular weight is 474 g/mol. The predicted octanol–water partition coefficient (Wildman–Crippen LogP) is 3.88. The first kappa shape index (κ1) is 21.6. The highest BCUT2D eigenvalue weighted by molar-refractivity contribution is 9.10. The van der Waals surface area contributed by atoms with E-state index in [-0.39, 0.29) is 29.7 Å².